The molecule has 1 aromatic rings. The number of allylic oxidation sites excluding steroid dienone is 6. The van der Waals surface area contributed by atoms with Gasteiger partial charge < -0.3 is 9.84 Å². The van der Waals surface area contributed by atoms with Crippen molar-refractivity contribution < 1.29 is 19.4 Å². The number of aliphatic hydroxyl groups is 1. The van der Waals surface area contributed by atoms with Gasteiger partial charge in [0, 0.05) is 12.0 Å². The molecule has 4 heteroatoms. The van der Waals surface area contributed by atoms with E-state index < -0.39 is 0 Å². The number of carbonyl (C=O) groups is 2. The van der Waals surface area contributed by atoms with Crippen LogP contribution in [0.5, 0.6) is 0 Å². The van der Waals surface area contributed by atoms with Crippen LogP contribution in [0.2, 0.25) is 0 Å². The molecule has 3 aliphatic rings. The molecule has 0 amide bonds. The minimum atomic E-state index is -0.336. The molecular weight excluding hydrogens is 472 g/mol. The summed E-state index contributed by atoms with van der Waals surface area (Å²) in [6.45, 7) is 10.7. The molecule has 3 aliphatic carbocycles. The fraction of sp³-hybridized carbons (Fsp3) is 0.529. The molecule has 0 radical (unpaired) electrons. The molecule has 0 saturated heterocycles. The molecule has 0 spiro atoms. The number of aliphatic hydroxyl groups excluding tert-OH is 1. The number of esters is 1. The monoisotopic (exact) mass is 518 g/mol. The standard InChI is InChI=1S/C32H40O4.C2H6/c1-4-8-25-24(19-20-33)15-16-26-28-17-18-29(34)32(28,3)21-27(31(25)26)23-13-11-22(12-14-23)9-6-7-10-30(35)36-5-2;1-2/h6-7,9-14,19-20,26-29,34H,4-5,8,15-18,21H2,1-3H3;1-2H3/b9-6+,10-7+,24-19-;. The summed E-state index contributed by atoms with van der Waals surface area (Å²) in [5.74, 6) is 0.903. The first-order valence-corrected chi connectivity index (χ1v) is 14.6. The molecule has 0 heterocycles. The zero-order valence-electron chi connectivity index (χ0n) is 23.9. The molecule has 1 N–H and O–H groups in total. The molecule has 4 rings (SSSR count). The van der Waals surface area contributed by atoms with Crippen molar-refractivity contribution >= 4 is 18.3 Å². The Kier molecular flexibility index (Phi) is 10.9. The van der Waals surface area contributed by atoms with E-state index >= 15 is 0 Å². The first-order chi connectivity index (χ1) is 18.4. The molecule has 2 saturated carbocycles. The molecule has 0 bridgehead atoms. The number of aldehydes is 1. The summed E-state index contributed by atoms with van der Waals surface area (Å²) < 4.78 is 4.91. The van der Waals surface area contributed by atoms with E-state index in [2.05, 4.69) is 38.1 Å². The predicted molar refractivity (Wildman–Crippen MR) is 156 cm³/mol. The summed E-state index contributed by atoms with van der Waals surface area (Å²) in [5, 5.41) is 11.1. The third kappa shape index (κ3) is 6.29. The van der Waals surface area contributed by atoms with Gasteiger partial charge in [0.1, 0.15) is 6.29 Å². The second-order valence-corrected chi connectivity index (χ2v) is 10.8. The SMILES string of the molecule is CC.CCCC1=C2C(c3ccc(/C=C/C=C/C(=O)OCC)cc3)CC3(C)C(O)CCC3C2CC/C1=C/C=O. The van der Waals surface area contributed by atoms with Crippen LogP contribution in [0.3, 0.4) is 0 Å². The number of fused-ring (bicyclic) bond motifs is 3. The molecule has 4 nitrogen and oxygen atoms in total. The van der Waals surface area contributed by atoms with Gasteiger partial charge in [-0.15, -0.1) is 0 Å². The Morgan fingerprint density at radius 1 is 1.11 bits per heavy atom. The molecule has 5 atom stereocenters. The maximum absolute atomic E-state index is 11.5. The van der Waals surface area contributed by atoms with Crippen LogP contribution in [0, 0.1) is 17.3 Å². The highest BCUT2D eigenvalue weighted by atomic mass is 16.5. The Labute approximate surface area is 229 Å². The van der Waals surface area contributed by atoms with Crippen LogP contribution in [-0.4, -0.2) is 30.1 Å². The van der Waals surface area contributed by atoms with E-state index in [1.807, 2.05) is 26.0 Å². The van der Waals surface area contributed by atoms with Crippen LogP contribution in [0.25, 0.3) is 6.08 Å². The average molecular weight is 519 g/mol. The third-order valence-corrected chi connectivity index (χ3v) is 8.75. The number of rotatable bonds is 8. The molecule has 5 unspecified atom stereocenters. The highest BCUT2D eigenvalue weighted by molar-refractivity contribution is 5.82. The maximum Gasteiger partial charge on any atom is 0.330 e. The van der Waals surface area contributed by atoms with Gasteiger partial charge in [-0.3, -0.25) is 4.79 Å². The van der Waals surface area contributed by atoms with Gasteiger partial charge in [-0.25, -0.2) is 4.79 Å². The van der Waals surface area contributed by atoms with Gasteiger partial charge >= 0.3 is 5.97 Å². The first-order valence-electron chi connectivity index (χ1n) is 14.6. The summed E-state index contributed by atoms with van der Waals surface area (Å²) in [5.41, 5.74) is 6.44. The molecule has 0 aliphatic heterocycles. The second kappa shape index (κ2) is 13.9. The van der Waals surface area contributed by atoms with Gasteiger partial charge in [-0.2, -0.15) is 0 Å². The Morgan fingerprint density at radius 3 is 2.50 bits per heavy atom. The van der Waals surface area contributed by atoms with Crippen LogP contribution in [0.4, 0.5) is 0 Å². The topological polar surface area (TPSA) is 63.6 Å². The van der Waals surface area contributed by atoms with Crippen LogP contribution < -0.4 is 0 Å². The fourth-order valence-corrected chi connectivity index (χ4v) is 7.10. The first kappa shape index (κ1) is 29.8. The molecule has 206 valence electrons. The van der Waals surface area contributed by atoms with Gasteiger partial charge in [0.25, 0.3) is 0 Å². The lowest BCUT2D eigenvalue weighted by molar-refractivity contribution is -0.137. The van der Waals surface area contributed by atoms with Gasteiger partial charge in [0.15, 0.2) is 0 Å². The van der Waals surface area contributed by atoms with Gasteiger partial charge in [0.2, 0.25) is 0 Å². The molecule has 2 fully saturated rings. The smallest absolute Gasteiger partial charge is 0.330 e. The van der Waals surface area contributed by atoms with Crippen LogP contribution in [-0.2, 0) is 14.3 Å². The van der Waals surface area contributed by atoms with Crippen molar-refractivity contribution in [3.05, 3.63) is 76.4 Å². The number of carbonyl (C=O) groups excluding carboxylic acids is 2. The third-order valence-electron chi connectivity index (χ3n) is 8.75. The molecule has 1 aromatic carbocycles. The van der Waals surface area contributed by atoms with E-state index in [1.165, 1.54) is 28.4 Å². The lowest BCUT2D eigenvalue weighted by atomic mass is 9.53. The van der Waals surface area contributed by atoms with Gasteiger partial charge in [-0.1, -0.05) is 82.2 Å². The lowest BCUT2D eigenvalue weighted by Crippen LogP contribution is -2.44. The molecule has 0 aromatic heterocycles. The normalized spacial score (nSPS) is 29.7. The Morgan fingerprint density at radius 2 is 1.84 bits per heavy atom. The molecular formula is C34H46O4. The number of benzene rings is 1. The quantitative estimate of drug-likeness (QED) is 0.165. The second-order valence-electron chi connectivity index (χ2n) is 10.8. The van der Waals surface area contributed by atoms with Gasteiger partial charge in [0.05, 0.1) is 12.7 Å². The summed E-state index contributed by atoms with van der Waals surface area (Å²) in [6.07, 6.45) is 16.5. The van der Waals surface area contributed by atoms with Crippen molar-refractivity contribution in [3.63, 3.8) is 0 Å². The van der Waals surface area contributed by atoms with E-state index in [0.717, 1.165) is 56.8 Å². The number of hydrogen-bond acceptors (Lipinski definition) is 4. The number of hydrogen-bond donors (Lipinski definition) is 1. The van der Waals surface area contributed by atoms with Crippen molar-refractivity contribution in [2.75, 3.05) is 6.61 Å². The number of ether oxygens (including phenoxy) is 1. The van der Waals surface area contributed by atoms with Crippen molar-refractivity contribution in [1.29, 1.82) is 0 Å². The predicted octanol–water partition coefficient (Wildman–Crippen LogP) is 7.74. The Hall–Kier alpha value is -2.72. The van der Waals surface area contributed by atoms with Crippen LogP contribution >= 0.6 is 0 Å². The van der Waals surface area contributed by atoms with E-state index in [9.17, 15) is 14.7 Å². The summed E-state index contributed by atoms with van der Waals surface area (Å²) in [4.78, 5) is 22.9. The summed E-state index contributed by atoms with van der Waals surface area (Å²) in [7, 11) is 0. The lowest BCUT2D eigenvalue weighted by Gasteiger charge is -2.51. The largest absolute Gasteiger partial charge is 0.463 e. The Bertz CT molecular complexity index is 1070. The van der Waals surface area contributed by atoms with Crippen molar-refractivity contribution in [2.24, 2.45) is 17.3 Å². The van der Waals surface area contributed by atoms with Crippen LogP contribution in [0.15, 0.2) is 65.3 Å². The fourth-order valence-electron chi connectivity index (χ4n) is 7.10. The zero-order valence-corrected chi connectivity index (χ0v) is 23.9. The average Bonchev–Trinajstić information content (AvgIpc) is 3.23. The van der Waals surface area contributed by atoms with Crippen molar-refractivity contribution in [2.45, 2.75) is 91.6 Å². The summed E-state index contributed by atoms with van der Waals surface area (Å²) in [6, 6.07) is 8.69. The maximum atomic E-state index is 11.5. The highest BCUT2D eigenvalue weighted by Gasteiger charge is 2.56. The van der Waals surface area contributed by atoms with Crippen molar-refractivity contribution in [1.82, 2.24) is 0 Å². The van der Waals surface area contributed by atoms with Crippen molar-refractivity contribution in [3.8, 4) is 0 Å². The highest BCUT2D eigenvalue weighted by Crippen LogP contribution is 2.63. The van der Waals surface area contributed by atoms with Crippen LogP contribution in [0.1, 0.15) is 96.6 Å². The summed E-state index contributed by atoms with van der Waals surface area (Å²) >= 11 is 0. The van der Waals surface area contributed by atoms with E-state index in [4.69, 9.17) is 4.74 Å². The minimum absolute atomic E-state index is 0.0709. The van der Waals surface area contributed by atoms with E-state index in [0.29, 0.717) is 18.4 Å². The van der Waals surface area contributed by atoms with E-state index in [1.54, 1.807) is 19.1 Å². The minimum Gasteiger partial charge on any atom is -0.463 e. The van der Waals surface area contributed by atoms with Gasteiger partial charge in [-0.05, 0) is 91.0 Å². The Balaban J connectivity index is 0.00000195. The zero-order chi connectivity index (χ0) is 27.7. The molecule has 38 heavy (non-hydrogen) atoms. The van der Waals surface area contributed by atoms with E-state index in [-0.39, 0.29) is 23.4 Å².